The fourth-order valence-electron chi connectivity index (χ4n) is 2.37. The summed E-state index contributed by atoms with van der Waals surface area (Å²) in [5.41, 5.74) is 0. The lowest BCUT2D eigenvalue weighted by Gasteiger charge is -2.27. The summed E-state index contributed by atoms with van der Waals surface area (Å²) in [5.74, 6) is 0.0601. The SMILES string of the molecule is CCN(CC)C(=O)CNC(=O)C1CCNC(C)C1. The third-order valence-electron chi connectivity index (χ3n) is 3.52. The molecule has 0 bridgehead atoms. The van der Waals surface area contributed by atoms with Gasteiger partial charge in [-0.2, -0.15) is 0 Å². The fourth-order valence-corrected chi connectivity index (χ4v) is 2.37. The Morgan fingerprint density at radius 1 is 1.33 bits per heavy atom. The van der Waals surface area contributed by atoms with Gasteiger partial charge < -0.3 is 15.5 Å². The molecule has 1 rings (SSSR count). The van der Waals surface area contributed by atoms with Crippen molar-refractivity contribution < 1.29 is 9.59 Å². The maximum atomic E-state index is 11.9. The molecule has 2 unspecified atom stereocenters. The van der Waals surface area contributed by atoms with Crippen LogP contribution in [-0.2, 0) is 9.59 Å². The van der Waals surface area contributed by atoms with E-state index in [1.54, 1.807) is 4.90 Å². The van der Waals surface area contributed by atoms with E-state index in [0.29, 0.717) is 19.1 Å². The van der Waals surface area contributed by atoms with E-state index in [-0.39, 0.29) is 24.3 Å². The number of hydrogen-bond acceptors (Lipinski definition) is 3. The zero-order valence-electron chi connectivity index (χ0n) is 11.7. The fraction of sp³-hybridized carbons (Fsp3) is 0.846. The van der Waals surface area contributed by atoms with Crippen LogP contribution in [0.3, 0.4) is 0 Å². The first kappa shape index (κ1) is 15.0. The molecule has 0 aromatic heterocycles. The van der Waals surface area contributed by atoms with Crippen LogP contribution in [0.4, 0.5) is 0 Å². The molecule has 1 aliphatic heterocycles. The zero-order valence-corrected chi connectivity index (χ0v) is 11.7. The van der Waals surface area contributed by atoms with Crippen molar-refractivity contribution in [2.45, 2.75) is 39.7 Å². The quantitative estimate of drug-likeness (QED) is 0.745. The normalized spacial score (nSPS) is 23.5. The lowest BCUT2D eigenvalue weighted by molar-refractivity contribution is -0.134. The molecule has 5 heteroatoms. The van der Waals surface area contributed by atoms with Crippen molar-refractivity contribution in [1.29, 1.82) is 0 Å². The minimum absolute atomic E-state index is 0.00432. The molecule has 2 N–H and O–H groups in total. The van der Waals surface area contributed by atoms with Gasteiger partial charge in [-0.25, -0.2) is 0 Å². The standard InChI is InChI=1S/C13H25N3O2/c1-4-16(5-2)12(17)9-15-13(18)11-6-7-14-10(3)8-11/h10-11,14H,4-9H2,1-3H3,(H,15,18). The second-order valence-electron chi connectivity index (χ2n) is 4.86. The molecule has 0 aliphatic carbocycles. The Balaban J connectivity index is 2.34. The molecular formula is C13H25N3O2. The van der Waals surface area contributed by atoms with Crippen LogP contribution >= 0.6 is 0 Å². The van der Waals surface area contributed by atoms with Gasteiger partial charge >= 0.3 is 0 Å². The Kier molecular flexibility index (Phi) is 6.12. The van der Waals surface area contributed by atoms with E-state index >= 15 is 0 Å². The highest BCUT2D eigenvalue weighted by Gasteiger charge is 2.25. The summed E-state index contributed by atoms with van der Waals surface area (Å²) in [6.07, 6.45) is 1.71. The number of likely N-dealkylation sites (N-methyl/N-ethyl adjacent to an activating group) is 1. The molecule has 0 spiro atoms. The van der Waals surface area contributed by atoms with Crippen molar-refractivity contribution in [2.75, 3.05) is 26.2 Å². The maximum absolute atomic E-state index is 11.9. The van der Waals surface area contributed by atoms with E-state index < -0.39 is 0 Å². The number of carbonyl (C=O) groups is 2. The van der Waals surface area contributed by atoms with E-state index in [4.69, 9.17) is 0 Å². The van der Waals surface area contributed by atoms with Crippen LogP contribution in [0.5, 0.6) is 0 Å². The second kappa shape index (κ2) is 7.36. The first-order valence-corrected chi connectivity index (χ1v) is 6.87. The van der Waals surface area contributed by atoms with Gasteiger partial charge in [0.05, 0.1) is 6.54 Å². The Hall–Kier alpha value is -1.10. The van der Waals surface area contributed by atoms with Crippen LogP contribution in [0.25, 0.3) is 0 Å². The van der Waals surface area contributed by atoms with Crippen LogP contribution in [-0.4, -0.2) is 48.9 Å². The average molecular weight is 255 g/mol. The molecule has 5 nitrogen and oxygen atoms in total. The molecule has 104 valence electrons. The summed E-state index contributed by atoms with van der Waals surface area (Å²) in [4.78, 5) is 25.4. The molecule has 1 aliphatic rings. The highest BCUT2D eigenvalue weighted by Crippen LogP contribution is 2.15. The van der Waals surface area contributed by atoms with Gasteiger partial charge in [-0.05, 0) is 40.2 Å². The minimum Gasteiger partial charge on any atom is -0.347 e. The van der Waals surface area contributed by atoms with Gasteiger partial charge in [0.25, 0.3) is 0 Å². The molecule has 1 heterocycles. The van der Waals surface area contributed by atoms with Crippen molar-refractivity contribution in [3.05, 3.63) is 0 Å². The average Bonchev–Trinajstić information content (AvgIpc) is 2.37. The van der Waals surface area contributed by atoms with E-state index in [0.717, 1.165) is 19.4 Å². The largest absolute Gasteiger partial charge is 0.347 e. The van der Waals surface area contributed by atoms with Crippen LogP contribution in [0.15, 0.2) is 0 Å². The predicted molar refractivity (Wildman–Crippen MR) is 71.1 cm³/mol. The van der Waals surface area contributed by atoms with E-state index in [2.05, 4.69) is 17.6 Å². The lowest BCUT2D eigenvalue weighted by atomic mass is 9.92. The van der Waals surface area contributed by atoms with Gasteiger partial charge in [0.15, 0.2) is 0 Å². The van der Waals surface area contributed by atoms with Crippen molar-refractivity contribution in [3.63, 3.8) is 0 Å². The Morgan fingerprint density at radius 2 is 2.00 bits per heavy atom. The number of carbonyl (C=O) groups excluding carboxylic acids is 2. The first-order valence-electron chi connectivity index (χ1n) is 6.87. The van der Waals surface area contributed by atoms with Crippen LogP contribution in [0, 0.1) is 5.92 Å². The lowest BCUT2D eigenvalue weighted by Crippen LogP contribution is -2.45. The number of nitrogens with one attached hydrogen (secondary N) is 2. The number of hydrogen-bond donors (Lipinski definition) is 2. The highest BCUT2D eigenvalue weighted by molar-refractivity contribution is 5.85. The number of amides is 2. The third-order valence-corrected chi connectivity index (χ3v) is 3.52. The van der Waals surface area contributed by atoms with E-state index in [1.165, 1.54) is 0 Å². The Labute approximate surface area is 109 Å². The summed E-state index contributed by atoms with van der Waals surface area (Å²) in [6.45, 7) is 8.35. The molecule has 0 aromatic rings. The molecule has 0 aromatic carbocycles. The monoisotopic (exact) mass is 255 g/mol. The topological polar surface area (TPSA) is 61.4 Å². The van der Waals surface area contributed by atoms with Crippen LogP contribution < -0.4 is 10.6 Å². The van der Waals surface area contributed by atoms with Gasteiger partial charge in [0, 0.05) is 25.0 Å². The van der Waals surface area contributed by atoms with Gasteiger partial charge in [-0.1, -0.05) is 0 Å². The Bertz CT molecular complexity index is 290. The molecule has 0 saturated carbocycles. The number of nitrogens with zero attached hydrogens (tertiary/aromatic N) is 1. The van der Waals surface area contributed by atoms with Crippen LogP contribution in [0.2, 0.25) is 0 Å². The van der Waals surface area contributed by atoms with E-state index in [1.807, 2.05) is 13.8 Å². The molecule has 2 amide bonds. The van der Waals surface area contributed by atoms with Gasteiger partial charge in [-0.15, -0.1) is 0 Å². The van der Waals surface area contributed by atoms with Crippen LogP contribution in [0.1, 0.15) is 33.6 Å². The number of piperidine rings is 1. The summed E-state index contributed by atoms with van der Waals surface area (Å²) in [6, 6.07) is 0.382. The summed E-state index contributed by atoms with van der Waals surface area (Å²) >= 11 is 0. The predicted octanol–water partition coefficient (Wildman–Crippen LogP) is 0.359. The molecule has 0 radical (unpaired) electrons. The number of rotatable bonds is 5. The third kappa shape index (κ3) is 4.29. The second-order valence-corrected chi connectivity index (χ2v) is 4.86. The van der Waals surface area contributed by atoms with Crippen molar-refractivity contribution in [2.24, 2.45) is 5.92 Å². The van der Waals surface area contributed by atoms with Gasteiger partial charge in [0.2, 0.25) is 11.8 Å². The molecule has 2 atom stereocenters. The molecular weight excluding hydrogens is 230 g/mol. The molecule has 18 heavy (non-hydrogen) atoms. The summed E-state index contributed by atoms with van der Waals surface area (Å²) in [5, 5.41) is 6.08. The van der Waals surface area contributed by atoms with E-state index in [9.17, 15) is 9.59 Å². The zero-order chi connectivity index (χ0) is 13.5. The smallest absolute Gasteiger partial charge is 0.241 e. The summed E-state index contributed by atoms with van der Waals surface area (Å²) in [7, 11) is 0. The van der Waals surface area contributed by atoms with Gasteiger partial charge in [-0.3, -0.25) is 9.59 Å². The molecule has 1 fully saturated rings. The first-order chi connectivity index (χ1) is 8.58. The maximum Gasteiger partial charge on any atom is 0.241 e. The molecule has 1 saturated heterocycles. The van der Waals surface area contributed by atoms with Crippen molar-refractivity contribution in [1.82, 2.24) is 15.5 Å². The Morgan fingerprint density at radius 3 is 2.56 bits per heavy atom. The van der Waals surface area contributed by atoms with Crippen molar-refractivity contribution in [3.8, 4) is 0 Å². The minimum atomic E-state index is -0.00432. The van der Waals surface area contributed by atoms with Gasteiger partial charge in [0.1, 0.15) is 0 Å². The van der Waals surface area contributed by atoms with Crippen molar-refractivity contribution >= 4 is 11.8 Å². The summed E-state index contributed by atoms with van der Waals surface area (Å²) < 4.78 is 0. The highest BCUT2D eigenvalue weighted by atomic mass is 16.2.